The lowest BCUT2D eigenvalue weighted by atomic mass is 10.0. The molecule has 100 valence electrons. The fourth-order valence-electron chi connectivity index (χ4n) is 2.38. The molecule has 0 aromatic heterocycles. The van der Waals surface area contributed by atoms with Gasteiger partial charge >= 0.3 is 0 Å². The van der Waals surface area contributed by atoms with Gasteiger partial charge in [-0.1, -0.05) is 18.6 Å². The average Bonchev–Trinajstić information content (AvgIpc) is 2.33. The third-order valence-electron chi connectivity index (χ3n) is 3.26. The summed E-state index contributed by atoms with van der Waals surface area (Å²) < 4.78 is 5.79. The SMILES string of the molecule is CCCNC(C=C(C)C)CCC1CCCCO1. The lowest BCUT2D eigenvalue weighted by molar-refractivity contribution is 0.00926. The van der Waals surface area contributed by atoms with Crippen LogP contribution in [0.3, 0.4) is 0 Å². The van der Waals surface area contributed by atoms with Crippen molar-refractivity contribution in [1.29, 1.82) is 0 Å². The van der Waals surface area contributed by atoms with Gasteiger partial charge in [0.05, 0.1) is 6.10 Å². The first-order valence-corrected chi connectivity index (χ1v) is 7.22. The van der Waals surface area contributed by atoms with Crippen molar-refractivity contribution in [2.75, 3.05) is 13.2 Å². The molecule has 2 heteroatoms. The molecule has 0 saturated carbocycles. The maximum Gasteiger partial charge on any atom is 0.0575 e. The first kappa shape index (κ1) is 14.7. The van der Waals surface area contributed by atoms with E-state index in [9.17, 15) is 0 Å². The Hall–Kier alpha value is -0.340. The normalized spacial score (nSPS) is 22.2. The van der Waals surface area contributed by atoms with Gasteiger partial charge in [-0.25, -0.2) is 0 Å². The molecule has 1 fully saturated rings. The highest BCUT2D eigenvalue weighted by atomic mass is 16.5. The van der Waals surface area contributed by atoms with Crippen molar-refractivity contribution in [3.8, 4) is 0 Å². The van der Waals surface area contributed by atoms with Gasteiger partial charge in [-0.3, -0.25) is 0 Å². The van der Waals surface area contributed by atoms with Crippen LogP contribution in [0.15, 0.2) is 11.6 Å². The summed E-state index contributed by atoms with van der Waals surface area (Å²) in [5.41, 5.74) is 1.41. The molecule has 1 aliphatic heterocycles. The summed E-state index contributed by atoms with van der Waals surface area (Å²) in [4.78, 5) is 0. The molecule has 1 rings (SSSR count). The molecule has 1 heterocycles. The van der Waals surface area contributed by atoms with Crippen molar-refractivity contribution < 1.29 is 4.74 Å². The minimum absolute atomic E-state index is 0.514. The first-order valence-electron chi connectivity index (χ1n) is 7.22. The van der Waals surface area contributed by atoms with E-state index in [1.807, 2.05) is 0 Å². The zero-order valence-corrected chi connectivity index (χ0v) is 11.8. The molecule has 0 amide bonds. The highest BCUT2D eigenvalue weighted by Crippen LogP contribution is 2.18. The summed E-state index contributed by atoms with van der Waals surface area (Å²) in [5.74, 6) is 0. The summed E-state index contributed by atoms with van der Waals surface area (Å²) >= 11 is 0. The summed E-state index contributed by atoms with van der Waals surface area (Å²) in [5, 5.41) is 3.61. The van der Waals surface area contributed by atoms with Crippen molar-refractivity contribution in [2.24, 2.45) is 0 Å². The van der Waals surface area contributed by atoms with Crippen LogP contribution >= 0.6 is 0 Å². The zero-order chi connectivity index (χ0) is 12.5. The van der Waals surface area contributed by atoms with Crippen LogP contribution in [0, 0.1) is 0 Å². The van der Waals surface area contributed by atoms with E-state index in [0.29, 0.717) is 12.1 Å². The standard InChI is InChI=1S/C15H29NO/c1-4-10-16-14(12-13(2)3)8-9-15-7-5-6-11-17-15/h12,14-16H,4-11H2,1-3H3. The smallest absolute Gasteiger partial charge is 0.0575 e. The summed E-state index contributed by atoms with van der Waals surface area (Å²) in [7, 11) is 0. The molecule has 1 N–H and O–H groups in total. The lowest BCUT2D eigenvalue weighted by Gasteiger charge is -2.24. The van der Waals surface area contributed by atoms with E-state index >= 15 is 0 Å². The summed E-state index contributed by atoms with van der Waals surface area (Å²) in [6, 6.07) is 0.533. The Morgan fingerprint density at radius 1 is 1.41 bits per heavy atom. The fraction of sp³-hybridized carbons (Fsp3) is 0.867. The molecule has 0 aromatic rings. The van der Waals surface area contributed by atoms with Crippen molar-refractivity contribution in [3.63, 3.8) is 0 Å². The van der Waals surface area contributed by atoms with Crippen molar-refractivity contribution in [3.05, 3.63) is 11.6 Å². The molecule has 0 spiro atoms. The molecule has 2 unspecified atom stereocenters. The molecule has 0 bridgehead atoms. The van der Waals surface area contributed by atoms with Crippen LogP contribution in [0.25, 0.3) is 0 Å². The second-order valence-corrected chi connectivity index (χ2v) is 5.37. The van der Waals surface area contributed by atoms with E-state index in [4.69, 9.17) is 4.74 Å². The number of hydrogen-bond donors (Lipinski definition) is 1. The quantitative estimate of drug-likeness (QED) is 0.684. The number of ether oxygens (including phenoxy) is 1. The second-order valence-electron chi connectivity index (χ2n) is 5.37. The molecule has 0 aromatic carbocycles. The highest BCUT2D eigenvalue weighted by Gasteiger charge is 2.15. The van der Waals surface area contributed by atoms with Gasteiger partial charge in [0, 0.05) is 12.6 Å². The average molecular weight is 239 g/mol. The van der Waals surface area contributed by atoms with E-state index in [1.165, 1.54) is 44.1 Å². The Bertz CT molecular complexity index is 215. The van der Waals surface area contributed by atoms with E-state index in [2.05, 4.69) is 32.2 Å². The maximum atomic E-state index is 5.79. The van der Waals surface area contributed by atoms with Crippen LogP contribution in [0.2, 0.25) is 0 Å². The van der Waals surface area contributed by atoms with Gasteiger partial charge in [-0.2, -0.15) is 0 Å². The van der Waals surface area contributed by atoms with Gasteiger partial charge in [-0.15, -0.1) is 0 Å². The second kappa shape index (κ2) is 8.71. The van der Waals surface area contributed by atoms with E-state index in [1.54, 1.807) is 0 Å². The van der Waals surface area contributed by atoms with Gasteiger partial charge in [0.15, 0.2) is 0 Å². The molecule has 2 nitrogen and oxygen atoms in total. The largest absolute Gasteiger partial charge is 0.378 e. The Morgan fingerprint density at radius 3 is 2.82 bits per heavy atom. The summed E-state index contributed by atoms with van der Waals surface area (Å²) in [6.07, 6.45) is 10.3. The molecule has 1 aliphatic rings. The monoisotopic (exact) mass is 239 g/mol. The zero-order valence-electron chi connectivity index (χ0n) is 11.8. The molecule has 2 atom stereocenters. The lowest BCUT2D eigenvalue weighted by Crippen LogP contribution is -2.30. The maximum absolute atomic E-state index is 5.79. The first-order chi connectivity index (χ1) is 8.22. The number of rotatable bonds is 7. The molecular weight excluding hydrogens is 210 g/mol. The Balaban J connectivity index is 2.28. The van der Waals surface area contributed by atoms with Crippen LogP contribution in [-0.2, 0) is 4.74 Å². The Labute approximate surface area is 107 Å². The van der Waals surface area contributed by atoms with Crippen LogP contribution in [-0.4, -0.2) is 25.3 Å². The molecule has 1 saturated heterocycles. The van der Waals surface area contributed by atoms with Crippen LogP contribution in [0.5, 0.6) is 0 Å². The van der Waals surface area contributed by atoms with Crippen LogP contribution in [0.4, 0.5) is 0 Å². The molecular formula is C15H29NO. The van der Waals surface area contributed by atoms with Crippen molar-refractivity contribution >= 4 is 0 Å². The van der Waals surface area contributed by atoms with Crippen LogP contribution < -0.4 is 5.32 Å². The third kappa shape index (κ3) is 6.85. The van der Waals surface area contributed by atoms with Gasteiger partial charge in [-0.05, 0) is 58.9 Å². The Kier molecular flexibility index (Phi) is 7.54. The molecule has 17 heavy (non-hydrogen) atoms. The fourth-order valence-corrected chi connectivity index (χ4v) is 2.38. The highest BCUT2D eigenvalue weighted by molar-refractivity contribution is 5.01. The van der Waals surface area contributed by atoms with Gasteiger partial charge < -0.3 is 10.1 Å². The molecule has 0 aliphatic carbocycles. The number of allylic oxidation sites excluding steroid dienone is 1. The van der Waals surface area contributed by atoms with Crippen LogP contribution in [0.1, 0.15) is 59.3 Å². The predicted molar refractivity (Wildman–Crippen MR) is 74.3 cm³/mol. The van der Waals surface area contributed by atoms with Gasteiger partial charge in [0.2, 0.25) is 0 Å². The Morgan fingerprint density at radius 2 is 2.24 bits per heavy atom. The molecule has 0 radical (unpaired) electrons. The van der Waals surface area contributed by atoms with E-state index < -0.39 is 0 Å². The van der Waals surface area contributed by atoms with Gasteiger partial charge in [0.1, 0.15) is 0 Å². The van der Waals surface area contributed by atoms with E-state index in [-0.39, 0.29) is 0 Å². The number of nitrogens with one attached hydrogen (secondary N) is 1. The summed E-state index contributed by atoms with van der Waals surface area (Å²) in [6.45, 7) is 8.66. The minimum Gasteiger partial charge on any atom is -0.378 e. The minimum atomic E-state index is 0.514. The van der Waals surface area contributed by atoms with E-state index in [0.717, 1.165) is 13.2 Å². The van der Waals surface area contributed by atoms with Crippen molar-refractivity contribution in [2.45, 2.75) is 71.4 Å². The predicted octanol–water partition coefficient (Wildman–Crippen LogP) is 3.67. The third-order valence-corrected chi connectivity index (χ3v) is 3.26. The number of hydrogen-bond acceptors (Lipinski definition) is 2. The topological polar surface area (TPSA) is 21.3 Å². The van der Waals surface area contributed by atoms with Gasteiger partial charge in [0.25, 0.3) is 0 Å². The van der Waals surface area contributed by atoms with Crippen molar-refractivity contribution in [1.82, 2.24) is 5.32 Å².